The van der Waals surface area contributed by atoms with Crippen molar-refractivity contribution in [3.63, 3.8) is 0 Å². The summed E-state index contributed by atoms with van der Waals surface area (Å²) in [6, 6.07) is 17.9. The van der Waals surface area contributed by atoms with Gasteiger partial charge in [-0.05, 0) is 24.6 Å². The van der Waals surface area contributed by atoms with Gasteiger partial charge in [0, 0.05) is 10.0 Å². The minimum atomic E-state index is -0.377. The van der Waals surface area contributed by atoms with E-state index in [2.05, 4.69) is 20.9 Å². The van der Waals surface area contributed by atoms with Gasteiger partial charge in [0.25, 0.3) is 0 Å². The number of ether oxygens (including phenoxy) is 1. The minimum Gasteiger partial charge on any atom is -0.461 e. The van der Waals surface area contributed by atoms with Gasteiger partial charge in [0.2, 0.25) is 5.01 Å². The normalized spacial score (nSPS) is 10.5. The molecule has 0 saturated carbocycles. The lowest BCUT2D eigenvalue weighted by atomic mass is 10.1. The van der Waals surface area contributed by atoms with Gasteiger partial charge < -0.3 is 4.74 Å². The van der Waals surface area contributed by atoms with Crippen molar-refractivity contribution < 1.29 is 9.53 Å². The number of thiazole rings is 1. The molecular weight excluding hydrogens is 374 g/mol. The quantitative estimate of drug-likeness (QED) is 0.561. The molecule has 1 heterocycles. The zero-order valence-electron chi connectivity index (χ0n) is 12.5. The Morgan fingerprint density at radius 1 is 1.09 bits per heavy atom. The van der Waals surface area contributed by atoms with Crippen molar-refractivity contribution >= 4 is 33.2 Å². The molecule has 0 aliphatic carbocycles. The van der Waals surface area contributed by atoms with Gasteiger partial charge in [0.15, 0.2) is 0 Å². The fraction of sp³-hybridized carbons (Fsp3) is 0.111. The molecular formula is C18H14BrNO2S. The van der Waals surface area contributed by atoms with E-state index in [-0.39, 0.29) is 5.97 Å². The third kappa shape index (κ3) is 3.51. The molecule has 0 bridgehead atoms. The largest absolute Gasteiger partial charge is 0.461 e. The first-order valence-corrected chi connectivity index (χ1v) is 8.79. The van der Waals surface area contributed by atoms with Crippen LogP contribution in [0.15, 0.2) is 59.1 Å². The van der Waals surface area contributed by atoms with Crippen LogP contribution in [0, 0.1) is 0 Å². The summed E-state index contributed by atoms with van der Waals surface area (Å²) in [5.41, 5.74) is 2.81. The van der Waals surface area contributed by atoms with Gasteiger partial charge in [-0.25, -0.2) is 9.78 Å². The lowest BCUT2D eigenvalue weighted by Gasteiger charge is -2.02. The number of carbonyl (C=O) groups is 1. The molecule has 0 amide bonds. The maximum absolute atomic E-state index is 12.0. The zero-order valence-corrected chi connectivity index (χ0v) is 14.9. The van der Waals surface area contributed by atoms with Crippen molar-refractivity contribution in [1.29, 1.82) is 0 Å². The number of hydrogen-bond donors (Lipinski definition) is 0. The predicted molar refractivity (Wildman–Crippen MR) is 96.6 cm³/mol. The summed E-state index contributed by atoms with van der Waals surface area (Å²) in [7, 11) is 0. The second-order valence-electron chi connectivity index (χ2n) is 4.79. The summed E-state index contributed by atoms with van der Waals surface area (Å²) in [5, 5.41) is 0.378. The molecule has 3 aromatic rings. The second-order valence-corrected chi connectivity index (χ2v) is 6.70. The predicted octanol–water partition coefficient (Wildman–Crippen LogP) is 5.42. The Morgan fingerprint density at radius 2 is 1.78 bits per heavy atom. The average Bonchev–Trinajstić information content (AvgIpc) is 3.02. The average molecular weight is 388 g/mol. The van der Waals surface area contributed by atoms with Crippen LogP contribution < -0.4 is 0 Å². The van der Waals surface area contributed by atoms with Crippen LogP contribution in [-0.4, -0.2) is 17.6 Å². The SMILES string of the molecule is CCOC(=O)c1nc(-c2ccc(Br)cc2)c(-c2ccccc2)s1. The van der Waals surface area contributed by atoms with Crippen LogP contribution in [0.1, 0.15) is 16.7 Å². The number of hydrogen-bond acceptors (Lipinski definition) is 4. The van der Waals surface area contributed by atoms with Crippen LogP contribution in [0.3, 0.4) is 0 Å². The van der Waals surface area contributed by atoms with Crippen LogP contribution in [0.4, 0.5) is 0 Å². The molecule has 0 spiro atoms. The highest BCUT2D eigenvalue weighted by Crippen LogP contribution is 2.37. The first-order valence-electron chi connectivity index (χ1n) is 7.18. The minimum absolute atomic E-state index is 0.340. The summed E-state index contributed by atoms with van der Waals surface area (Å²) in [6.07, 6.45) is 0. The van der Waals surface area contributed by atoms with Crippen LogP contribution in [-0.2, 0) is 4.74 Å². The number of halogens is 1. The van der Waals surface area contributed by atoms with Crippen LogP contribution in [0.2, 0.25) is 0 Å². The van der Waals surface area contributed by atoms with E-state index in [1.807, 2.05) is 54.6 Å². The molecule has 116 valence electrons. The summed E-state index contributed by atoms with van der Waals surface area (Å²) < 4.78 is 6.09. The van der Waals surface area contributed by atoms with E-state index in [0.29, 0.717) is 11.6 Å². The van der Waals surface area contributed by atoms with Gasteiger partial charge in [-0.2, -0.15) is 0 Å². The molecule has 0 aliphatic heterocycles. The number of aromatic nitrogens is 1. The van der Waals surface area contributed by atoms with E-state index in [1.54, 1.807) is 6.92 Å². The number of carbonyl (C=O) groups excluding carboxylic acids is 1. The Labute approximate surface area is 147 Å². The van der Waals surface area contributed by atoms with E-state index in [0.717, 1.165) is 26.2 Å². The molecule has 0 fully saturated rings. The lowest BCUT2D eigenvalue weighted by molar-refractivity contribution is 0.0526. The summed E-state index contributed by atoms with van der Waals surface area (Å²) in [5.74, 6) is -0.377. The molecule has 5 heteroatoms. The molecule has 1 aromatic heterocycles. The zero-order chi connectivity index (χ0) is 16.2. The maximum atomic E-state index is 12.0. The van der Waals surface area contributed by atoms with E-state index in [4.69, 9.17) is 4.74 Å². The smallest absolute Gasteiger partial charge is 0.367 e. The molecule has 0 unspecified atom stereocenters. The third-order valence-corrected chi connectivity index (χ3v) is 4.84. The highest BCUT2D eigenvalue weighted by molar-refractivity contribution is 9.10. The monoisotopic (exact) mass is 387 g/mol. The van der Waals surface area contributed by atoms with Crippen molar-refractivity contribution in [2.45, 2.75) is 6.92 Å². The van der Waals surface area contributed by atoms with Crippen LogP contribution in [0.25, 0.3) is 21.7 Å². The Balaban J connectivity index is 2.12. The molecule has 0 saturated heterocycles. The first kappa shape index (κ1) is 15.9. The van der Waals surface area contributed by atoms with Crippen LogP contribution in [0.5, 0.6) is 0 Å². The van der Waals surface area contributed by atoms with E-state index < -0.39 is 0 Å². The standard InChI is InChI=1S/C18H14BrNO2S/c1-2-22-18(21)17-20-15(12-8-10-14(19)11-9-12)16(23-17)13-6-4-3-5-7-13/h3-11H,2H2,1H3. The van der Waals surface area contributed by atoms with Gasteiger partial charge in [-0.1, -0.05) is 58.4 Å². The van der Waals surface area contributed by atoms with Gasteiger partial charge in [0.05, 0.1) is 17.2 Å². The van der Waals surface area contributed by atoms with Crippen molar-refractivity contribution in [1.82, 2.24) is 4.98 Å². The van der Waals surface area contributed by atoms with Gasteiger partial charge in [-0.15, -0.1) is 11.3 Å². The van der Waals surface area contributed by atoms with Crippen molar-refractivity contribution in [2.75, 3.05) is 6.61 Å². The van der Waals surface area contributed by atoms with Crippen molar-refractivity contribution in [3.8, 4) is 21.7 Å². The Bertz CT molecular complexity index is 813. The Morgan fingerprint density at radius 3 is 2.43 bits per heavy atom. The summed E-state index contributed by atoms with van der Waals surface area (Å²) in [4.78, 5) is 17.5. The molecule has 0 atom stereocenters. The molecule has 23 heavy (non-hydrogen) atoms. The lowest BCUT2D eigenvalue weighted by Crippen LogP contribution is -2.03. The fourth-order valence-corrected chi connectivity index (χ4v) is 3.44. The molecule has 2 aromatic carbocycles. The van der Waals surface area contributed by atoms with Crippen molar-refractivity contribution in [3.05, 3.63) is 64.1 Å². The molecule has 3 rings (SSSR count). The van der Waals surface area contributed by atoms with Crippen molar-refractivity contribution in [2.24, 2.45) is 0 Å². The summed E-state index contributed by atoms with van der Waals surface area (Å²) >= 11 is 4.80. The molecule has 0 radical (unpaired) electrons. The number of rotatable bonds is 4. The second kappa shape index (κ2) is 7.06. The molecule has 3 nitrogen and oxygen atoms in total. The fourth-order valence-electron chi connectivity index (χ4n) is 2.19. The molecule has 0 N–H and O–H groups in total. The Kier molecular flexibility index (Phi) is 4.88. The first-order chi connectivity index (χ1) is 11.2. The highest BCUT2D eigenvalue weighted by Gasteiger charge is 2.19. The van der Waals surface area contributed by atoms with Gasteiger partial charge >= 0.3 is 5.97 Å². The number of esters is 1. The maximum Gasteiger partial charge on any atom is 0.367 e. The third-order valence-electron chi connectivity index (χ3n) is 3.23. The topological polar surface area (TPSA) is 39.2 Å². The highest BCUT2D eigenvalue weighted by atomic mass is 79.9. The van der Waals surface area contributed by atoms with Gasteiger partial charge in [-0.3, -0.25) is 0 Å². The van der Waals surface area contributed by atoms with E-state index in [9.17, 15) is 4.79 Å². The van der Waals surface area contributed by atoms with E-state index >= 15 is 0 Å². The number of nitrogens with zero attached hydrogens (tertiary/aromatic N) is 1. The molecule has 0 aliphatic rings. The Hall–Kier alpha value is -1.98. The van der Waals surface area contributed by atoms with E-state index in [1.165, 1.54) is 11.3 Å². The number of benzene rings is 2. The van der Waals surface area contributed by atoms with Crippen LogP contribution >= 0.6 is 27.3 Å². The summed E-state index contributed by atoms with van der Waals surface area (Å²) in [6.45, 7) is 2.13. The van der Waals surface area contributed by atoms with Gasteiger partial charge in [0.1, 0.15) is 0 Å².